The van der Waals surface area contributed by atoms with Crippen molar-refractivity contribution in [2.24, 2.45) is 5.92 Å². The Hall–Kier alpha value is 0.110. The van der Waals surface area contributed by atoms with Gasteiger partial charge in [0.05, 0.1) is 13.2 Å². The molecule has 0 spiro atoms. The van der Waals surface area contributed by atoms with Crippen molar-refractivity contribution in [1.29, 1.82) is 0 Å². The first-order valence-corrected chi connectivity index (χ1v) is 7.63. The van der Waals surface area contributed by atoms with Gasteiger partial charge in [-0.05, 0) is 18.8 Å². The maximum absolute atomic E-state index is 11.4. The van der Waals surface area contributed by atoms with E-state index in [0.29, 0.717) is 12.5 Å². The summed E-state index contributed by atoms with van der Waals surface area (Å²) in [7, 11) is -3.81. The molecule has 2 unspecified atom stereocenters. The quantitative estimate of drug-likeness (QED) is 0.475. The van der Waals surface area contributed by atoms with Crippen LogP contribution in [-0.2, 0) is 13.6 Å². The molecule has 0 aromatic heterocycles. The van der Waals surface area contributed by atoms with Crippen molar-refractivity contribution in [2.75, 3.05) is 13.2 Å². The Morgan fingerprint density at radius 2 is 1.88 bits per heavy atom. The Labute approximate surface area is 99.0 Å². The molecule has 4 nitrogen and oxygen atoms in total. The molecule has 0 aromatic carbocycles. The van der Waals surface area contributed by atoms with Crippen LogP contribution in [0.25, 0.3) is 0 Å². The highest BCUT2D eigenvalue weighted by molar-refractivity contribution is 7.47. The third-order valence-electron chi connectivity index (χ3n) is 2.31. The van der Waals surface area contributed by atoms with Gasteiger partial charge in [0, 0.05) is 0 Å². The Balaban J connectivity index is 3.65. The van der Waals surface area contributed by atoms with Crippen LogP contribution < -0.4 is 0 Å². The van der Waals surface area contributed by atoms with E-state index in [1.807, 2.05) is 6.92 Å². The lowest BCUT2D eigenvalue weighted by Gasteiger charge is -2.15. The average Bonchev–Trinajstić information content (AvgIpc) is 2.22. The molecular weight excluding hydrogens is 227 g/mol. The summed E-state index contributed by atoms with van der Waals surface area (Å²) in [4.78, 5) is 9.34. The molecular formula is C11H25O4P. The molecule has 0 amide bonds. The van der Waals surface area contributed by atoms with Gasteiger partial charge in [-0.3, -0.25) is 9.05 Å². The van der Waals surface area contributed by atoms with Gasteiger partial charge in [-0.25, -0.2) is 4.57 Å². The van der Waals surface area contributed by atoms with Crippen molar-refractivity contribution >= 4 is 7.82 Å². The summed E-state index contributed by atoms with van der Waals surface area (Å²) in [5.41, 5.74) is 0. The van der Waals surface area contributed by atoms with E-state index in [2.05, 4.69) is 13.8 Å². The number of hydrogen-bond acceptors (Lipinski definition) is 3. The summed E-state index contributed by atoms with van der Waals surface area (Å²) in [6, 6.07) is 0. The van der Waals surface area contributed by atoms with E-state index in [0.717, 1.165) is 32.1 Å². The minimum Gasteiger partial charge on any atom is -0.302 e. The van der Waals surface area contributed by atoms with Crippen molar-refractivity contribution in [3.63, 3.8) is 0 Å². The maximum atomic E-state index is 11.4. The molecule has 0 saturated carbocycles. The van der Waals surface area contributed by atoms with Crippen LogP contribution in [0.15, 0.2) is 0 Å². The molecule has 0 radical (unpaired) electrons. The zero-order valence-corrected chi connectivity index (χ0v) is 11.5. The van der Waals surface area contributed by atoms with E-state index in [1.165, 1.54) is 0 Å². The van der Waals surface area contributed by atoms with Crippen LogP contribution in [0.5, 0.6) is 0 Å². The smallest absolute Gasteiger partial charge is 0.302 e. The summed E-state index contributed by atoms with van der Waals surface area (Å²) >= 11 is 0. The third kappa shape index (κ3) is 9.34. The van der Waals surface area contributed by atoms with Gasteiger partial charge in [0.25, 0.3) is 0 Å². The van der Waals surface area contributed by atoms with E-state index < -0.39 is 7.82 Å². The van der Waals surface area contributed by atoms with Gasteiger partial charge in [0.1, 0.15) is 0 Å². The summed E-state index contributed by atoms with van der Waals surface area (Å²) in [5, 5.41) is 0. The van der Waals surface area contributed by atoms with Crippen molar-refractivity contribution < 1.29 is 18.5 Å². The number of phosphoric acid groups is 1. The lowest BCUT2D eigenvalue weighted by atomic mass is 10.1. The fourth-order valence-corrected chi connectivity index (χ4v) is 2.24. The fraction of sp³-hybridized carbons (Fsp3) is 1.00. The second-order valence-corrected chi connectivity index (χ2v) is 5.65. The van der Waals surface area contributed by atoms with Gasteiger partial charge in [-0.15, -0.1) is 0 Å². The van der Waals surface area contributed by atoms with Crippen LogP contribution in [0.4, 0.5) is 0 Å². The molecule has 98 valence electrons. The first kappa shape index (κ1) is 16.1. The van der Waals surface area contributed by atoms with Crippen molar-refractivity contribution in [3.8, 4) is 0 Å². The first-order valence-electron chi connectivity index (χ1n) is 6.13. The molecule has 0 aliphatic heterocycles. The molecule has 1 N–H and O–H groups in total. The van der Waals surface area contributed by atoms with Crippen molar-refractivity contribution in [2.45, 2.75) is 52.9 Å². The van der Waals surface area contributed by atoms with Crippen LogP contribution in [0.1, 0.15) is 52.9 Å². The van der Waals surface area contributed by atoms with Gasteiger partial charge in [0.15, 0.2) is 0 Å². The standard InChI is InChI=1S/C11H25O4P/c1-4-6-7-9-14-16(12,13)15-10-11(3)8-5-2/h11H,4-10H2,1-3H3,(H,12,13). The summed E-state index contributed by atoms with van der Waals surface area (Å²) < 4.78 is 21.2. The number of rotatable bonds is 10. The van der Waals surface area contributed by atoms with Gasteiger partial charge in [-0.2, -0.15) is 0 Å². The Morgan fingerprint density at radius 1 is 1.19 bits per heavy atom. The first-order chi connectivity index (χ1) is 7.52. The molecule has 0 bridgehead atoms. The Bertz CT molecular complexity index is 208. The van der Waals surface area contributed by atoms with E-state index >= 15 is 0 Å². The largest absolute Gasteiger partial charge is 0.472 e. The molecule has 0 heterocycles. The van der Waals surface area contributed by atoms with Crippen LogP contribution in [-0.4, -0.2) is 18.1 Å². The van der Waals surface area contributed by atoms with Crippen LogP contribution in [0.2, 0.25) is 0 Å². The van der Waals surface area contributed by atoms with E-state index in [-0.39, 0.29) is 6.61 Å². The normalized spacial score (nSPS) is 17.0. The number of hydrogen-bond donors (Lipinski definition) is 1. The zero-order chi connectivity index (χ0) is 12.4. The summed E-state index contributed by atoms with van der Waals surface area (Å²) in [6.45, 7) is 6.73. The van der Waals surface area contributed by atoms with Crippen LogP contribution in [0, 0.1) is 5.92 Å². The van der Waals surface area contributed by atoms with Gasteiger partial charge in [0.2, 0.25) is 0 Å². The monoisotopic (exact) mass is 252 g/mol. The molecule has 5 heteroatoms. The van der Waals surface area contributed by atoms with Gasteiger partial charge < -0.3 is 4.89 Å². The predicted octanol–water partition coefficient (Wildman–Crippen LogP) is 3.75. The lowest BCUT2D eigenvalue weighted by molar-refractivity contribution is 0.130. The molecule has 0 rings (SSSR count). The third-order valence-corrected chi connectivity index (χ3v) is 3.29. The molecule has 0 aliphatic rings. The second kappa shape index (κ2) is 9.17. The fourth-order valence-electron chi connectivity index (χ4n) is 1.37. The minimum absolute atomic E-state index is 0.287. The van der Waals surface area contributed by atoms with Gasteiger partial charge in [-0.1, -0.05) is 40.0 Å². The van der Waals surface area contributed by atoms with E-state index in [1.54, 1.807) is 0 Å². The van der Waals surface area contributed by atoms with Gasteiger partial charge >= 0.3 is 7.82 Å². The van der Waals surface area contributed by atoms with Crippen molar-refractivity contribution in [3.05, 3.63) is 0 Å². The topological polar surface area (TPSA) is 55.8 Å². The summed E-state index contributed by atoms with van der Waals surface area (Å²) in [6.07, 6.45) is 4.92. The molecule has 0 saturated heterocycles. The van der Waals surface area contributed by atoms with E-state index in [4.69, 9.17) is 9.05 Å². The highest BCUT2D eigenvalue weighted by Gasteiger charge is 2.21. The molecule has 0 aromatic rings. The lowest BCUT2D eigenvalue weighted by Crippen LogP contribution is -2.06. The summed E-state index contributed by atoms with van der Waals surface area (Å²) in [5.74, 6) is 0.296. The second-order valence-electron chi connectivity index (χ2n) is 4.20. The average molecular weight is 252 g/mol. The Morgan fingerprint density at radius 3 is 2.44 bits per heavy atom. The minimum atomic E-state index is -3.81. The molecule has 2 atom stereocenters. The highest BCUT2D eigenvalue weighted by atomic mass is 31.2. The Kier molecular flexibility index (Phi) is 9.24. The maximum Gasteiger partial charge on any atom is 0.472 e. The predicted molar refractivity (Wildman–Crippen MR) is 65.3 cm³/mol. The SMILES string of the molecule is CCCCCOP(=O)(O)OCC(C)CCC. The van der Waals surface area contributed by atoms with E-state index in [9.17, 15) is 9.46 Å². The molecule has 0 aliphatic carbocycles. The van der Waals surface area contributed by atoms with Crippen LogP contribution >= 0.6 is 7.82 Å². The number of phosphoric ester groups is 1. The molecule has 16 heavy (non-hydrogen) atoms. The molecule has 0 fully saturated rings. The zero-order valence-electron chi connectivity index (χ0n) is 10.6. The highest BCUT2D eigenvalue weighted by Crippen LogP contribution is 2.43. The van der Waals surface area contributed by atoms with Crippen LogP contribution in [0.3, 0.4) is 0 Å². The number of unbranched alkanes of at least 4 members (excludes halogenated alkanes) is 2. The van der Waals surface area contributed by atoms with Crippen molar-refractivity contribution in [1.82, 2.24) is 0 Å².